The molecule has 5 rings (SSSR count). The van der Waals surface area contributed by atoms with Gasteiger partial charge in [0.15, 0.2) is 5.82 Å². The Labute approximate surface area is 159 Å². The summed E-state index contributed by atoms with van der Waals surface area (Å²) in [6.45, 7) is 6.15. The second kappa shape index (κ2) is 6.58. The van der Waals surface area contributed by atoms with Crippen LogP contribution in [0.15, 0.2) is 0 Å². The Morgan fingerprint density at radius 3 is 2.56 bits per heavy atom. The molecule has 0 spiro atoms. The molecule has 2 aliphatic carbocycles. The maximum Gasteiger partial charge on any atom is 0.289 e. The number of amides is 2. The Balaban J connectivity index is 1.31. The molecule has 1 saturated heterocycles. The topological polar surface area (TPSA) is 83.4 Å². The van der Waals surface area contributed by atoms with Gasteiger partial charge in [0, 0.05) is 44.7 Å². The number of carbonyl (C=O) groups is 2. The first kappa shape index (κ1) is 17.2. The van der Waals surface area contributed by atoms with Gasteiger partial charge in [-0.1, -0.05) is 6.92 Å². The first-order valence-corrected chi connectivity index (χ1v) is 10.4. The standard InChI is InChI=1S/C19H28N6O2/c1-12-9-13(10-12)19(27)24-6-5-23-7-8-25-16(15(23)11-24)21-22-17(25)18(26)20-14-3-2-4-14/h12-15H,2-11H2,1H3,(H,20,26)/t12?,13?,15-/m0/s1. The summed E-state index contributed by atoms with van der Waals surface area (Å²) < 4.78 is 1.97. The lowest BCUT2D eigenvalue weighted by atomic mass is 9.75. The fourth-order valence-corrected chi connectivity index (χ4v) is 4.88. The van der Waals surface area contributed by atoms with Gasteiger partial charge >= 0.3 is 0 Å². The van der Waals surface area contributed by atoms with E-state index in [1.54, 1.807) is 0 Å². The van der Waals surface area contributed by atoms with Crippen molar-refractivity contribution in [3.8, 4) is 0 Å². The number of aromatic nitrogens is 3. The lowest BCUT2D eigenvalue weighted by Crippen LogP contribution is -2.55. The van der Waals surface area contributed by atoms with E-state index in [1.165, 1.54) is 6.42 Å². The Bertz CT molecular complexity index is 751. The average molecular weight is 372 g/mol. The summed E-state index contributed by atoms with van der Waals surface area (Å²) in [6, 6.07) is 0.338. The van der Waals surface area contributed by atoms with Crippen molar-refractivity contribution in [2.75, 3.05) is 26.2 Å². The lowest BCUT2D eigenvalue weighted by molar-refractivity contribution is -0.143. The minimum Gasteiger partial charge on any atom is -0.347 e. The van der Waals surface area contributed by atoms with Crippen molar-refractivity contribution >= 4 is 11.8 Å². The molecule has 2 amide bonds. The smallest absolute Gasteiger partial charge is 0.289 e. The summed E-state index contributed by atoms with van der Waals surface area (Å²) >= 11 is 0. The van der Waals surface area contributed by atoms with Crippen LogP contribution in [0.25, 0.3) is 0 Å². The lowest BCUT2D eigenvalue weighted by Gasteiger charge is -2.45. The molecular formula is C19H28N6O2. The first-order chi connectivity index (χ1) is 13.1. The van der Waals surface area contributed by atoms with Gasteiger partial charge in [-0.15, -0.1) is 10.2 Å². The van der Waals surface area contributed by atoms with Crippen LogP contribution in [0.1, 0.15) is 61.5 Å². The highest BCUT2D eigenvalue weighted by atomic mass is 16.2. The number of nitrogens with zero attached hydrogens (tertiary/aromatic N) is 5. The molecule has 0 aromatic carbocycles. The number of carbonyl (C=O) groups excluding carboxylic acids is 2. The van der Waals surface area contributed by atoms with Crippen LogP contribution in [0.3, 0.4) is 0 Å². The van der Waals surface area contributed by atoms with Gasteiger partial charge in [0.1, 0.15) is 0 Å². The molecule has 27 heavy (non-hydrogen) atoms. The van der Waals surface area contributed by atoms with E-state index < -0.39 is 0 Å². The van der Waals surface area contributed by atoms with Gasteiger partial charge in [-0.3, -0.25) is 14.5 Å². The Morgan fingerprint density at radius 1 is 1.07 bits per heavy atom. The number of nitrogens with one attached hydrogen (secondary N) is 1. The SMILES string of the molecule is CC1CC(C(=O)N2CCN3CCn4c(C(=O)NC5CCC5)nnc4[C@@H]3C2)C1. The van der Waals surface area contributed by atoms with Crippen molar-refractivity contribution in [3.63, 3.8) is 0 Å². The van der Waals surface area contributed by atoms with Crippen LogP contribution >= 0.6 is 0 Å². The second-order valence-electron chi connectivity index (χ2n) is 8.74. The maximum atomic E-state index is 12.8. The predicted molar refractivity (Wildman–Crippen MR) is 97.9 cm³/mol. The van der Waals surface area contributed by atoms with E-state index in [4.69, 9.17) is 0 Å². The quantitative estimate of drug-likeness (QED) is 0.849. The van der Waals surface area contributed by atoms with E-state index in [0.29, 0.717) is 30.2 Å². The van der Waals surface area contributed by atoms with E-state index in [1.807, 2.05) is 9.47 Å². The van der Waals surface area contributed by atoms with Crippen LogP contribution < -0.4 is 5.32 Å². The summed E-state index contributed by atoms with van der Waals surface area (Å²) in [5.74, 6) is 2.32. The fourth-order valence-electron chi connectivity index (χ4n) is 4.88. The number of fused-ring (bicyclic) bond motifs is 3. The van der Waals surface area contributed by atoms with Crippen molar-refractivity contribution in [2.24, 2.45) is 11.8 Å². The van der Waals surface area contributed by atoms with Gasteiger partial charge in [-0.25, -0.2) is 0 Å². The van der Waals surface area contributed by atoms with E-state index >= 15 is 0 Å². The van der Waals surface area contributed by atoms with Crippen molar-refractivity contribution in [1.82, 2.24) is 29.9 Å². The van der Waals surface area contributed by atoms with Crippen molar-refractivity contribution in [1.29, 1.82) is 0 Å². The summed E-state index contributed by atoms with van der Waals surface area (Å²) in [6.07, 6.45) is 5.33. The molecule has 8 nitrogen and oxygen atoms in total. The Kier molecular flexibility index (Phi) is 4.18. The van der Waals surface area contributed by atoms with Crippen LogP contribution in [-0.2, 0) is 11.3 Å². The molecule has 3 heterocycles. The highest BCUT2D eigenvalue weighted by Gasteiger charge is 2.41. The third-order valence-electron chi connectivity index (χ3n) is 6.86. The summed E-state index contributed by atoms with van der Waals surface area (Å²) in [5.41, 5.74) is 0. The molecule has 1 atom stereocenters. The molecule has 1 aromatic heterocycles. The van der Waals surface area contributed by atoms with Crippen LogP contribution in [0.5, 0.6) is 0 Å². The molecule has 1 aromatic rings. The molecule has 146 valence electrons. The minimum atomic E-state index is -0.112. The molecule has 3 fully saturated rings. The van der Waals surface area contributed by atoms with Crippen molar-refractivity contribution in [3.05, 3.63) is 11.6 Å². The fraction of sp³-hybridized carbons (Fsp3) is 0.789. The summed E-state index contributed by atoms with van der Waals surface area (Å²) in [5, 5.41) is 11.6. The zero-order chi connectivity index (χ0) is 18.5. The zero-order valence-corrected chi connectivity index (χ0v) is 15.9. The molecule has 2 aliphatic heterocycles. The van der Waals surface area contributed by atoms with Gasteiger partial charge in [-0.05, 0) is 38.0 Å². The third-order valence-corrected chi connectivity index (χ3v) is 6.86. The van der Waals surface area contributed by atoms with Crippen molar-refractivity contribution < 1.29 is 9.59 Å². The van der Waals surface area contributed by atoms with Gasteiger partial charge in [0.05, 0.1) is 6.04 Å². The molecule has 4 aliphatic rings. The zero-order valence-electron chi connectivity index (χ0n) is 15.9. The molecule has 1 N–H and O–H groups in total. The number of rotatable bonds is 3. The number of piperazine rings is 1. The van der Waals surface area contributed by atoms with E-state index in [-0.39, 0.29) is 17.9 Å². The molecule has 0 unspecified atom stereocenters. The normalized spacial score (nSPS) is 30.7. The molecule has 2 saturated carbocycles. The second-order valence-corrected chi connectivity index (χ2v) is 8.74. The monoisotopic (exact) mass is 372 g/mol. The van der Waals surface area contributed by atoms with Crippen LogP contribution in [0.2, 0.25) is 0 Å². The van der Waals surface area contributed by atoms with Crippen LogP contribution in [-0.4, -0.2) is 68.6 Å². The predicted octanol–water partition coefficient (Wildman–Crippen LogP) is 0.805. The van der Waals surface area contributed by atoms with E-state index in [0.717, 1.165) is 57.7 Å². The Hall–Kier alpha value is -1.96. The summed E-state index contributed by atoms with van der Waals surface area (Å²) in [4.78, 5) is 29.7. The van der Waals surface area contributed by atoms with Crippen molar-refractivity contribution in [2.45, 2.75) is 57.7 Å². The molecule has 8 heteroatoms. The highest BCUT2D eigenvalue weighted by Crippen LogP contribution is 2.36. The van der Waals surface area contributed by atoms with Gasteiger partial charge in [0.2, 0.25) is 11.7 Å². The Morgan fingerprint density at radius 2 is 1.85 bits per heavy atom. The minimum absolute atomic E-state index is 0.0479. The van der Waals surface area contributed by atoms with E-state index in [2.05, 4.69) is 27.3 Å². The van der Waals surface area contributed by atoms with Gasteiger partial charge < -0.3 is 14.8 Å². The van der Waals surface area contributed by atoms with Crippen LogP contribution in [0, 0.1) is 11.8 Å². The highest BCUT2D eigenvalue weighted by molar-refractivity contribution is 5.91. The molecule has 0 bridgehead atoms. The third kappa shape index (κ3) is 2.94. The first-order valence-electron chi connectivity index (χ1n) is 10.4. The summed E-state index contributed by atoms with van der Waals surface area (Å²) in [7, 11) is 0. The average Bonchev–Trinajstić information content (AvgIpc) is 3.05. The largest absolute Gasteiger partial charge is 0.347 e. The van der Waals surface area contributed by atoms with Gasteiger partial charge in [-0.2, -0.15) is 0 Å². The van der Waals surface area contributed by atoms with Gasteiger partial charge in [0.25, 0.3) is 5.91 Å². The number of hydrogen-bond donors (Lipinski definition) is 1. The van der Waals surface area contributed by atoms with E-state index in [9.17, 15) is 9.59 Å². The molecular weight excluding hydrogens is 344 g/mol. The maximum absolute atomic E-state index is 12.8. The number of hydrogen-bond acceptors (Lipinski definition) is 5. The van der Waals surface area contributed by atoms with Crippen LogP contribution in [0.4, 0.5) is 0 Å². The molecule has 0 radical (unpaired) electrons.